The lowest BCUT2D eigenvalue weighted by Gasteiger charge is -2.14. The summed E-state index contributed by atoms with van der Waals surface area (Å²) in [7, 11) is 0. The van der Waals surface area contributed by atoms with Gasteiger partial charge in [-0.05, 0) is 32.9 Å². The number of esters is 1. The van der Waals surface area contributed by atoms with Gasteiger partial charge in [-0.3, -0.25) is 10.1 Å². The number of benzene rings is 1. The first-order valence-corrected chi connectivity index (χ1v) is 8.90. The summed E-state index contributed by atoms with van der Waals surface area (Å²) in [4.78, 5) is 39.3. The van der Waals surface area contributed by atoms with Gasteiger partial charge in [0, 0.05) is 6.04 Å². The van der Waals surface area contributed by atoms with Crippen molar-refractivity contribution in [2.24, 2.45) is 0 Å². The molecule has 0 saturated carbocycles. The molecule has 2 aromatic rings. The number of urea groups is 1. The van der Waals surface area contributed by atoms with Crippen LogP contribution in [0.4, 0.5) is 4.79 Å². The highest BCUT2D eigenvalue weighted by Gasteiger charge is 2.20. The summed E-state index contributed by atoms with van der Waals surface area (Å²) < 4.78 is 11.3. The molecule has 26 heavy (non-hydrogen) atoms. The fourth-order valence-electron chi connectivity index (χ4n) is 2.00. The van der Waals surface area contributed by atoms with Gasteiger partial charge in [0.1, 0.15) is 11.6 Å². The van der Waals surface area contributed by atoms with Crippen LogP contribution in [0.5, 0.6) is 0 Å². The largest absolute Gasteiger partial charge is 0.451 e. The quantitative estimate of drug-likeness (QED) is 0.713. The van der Waals surface area contributed by atoms with Crippen molar-refractivity contribution in [3.8, 4) is 0 Å². The van der Waals surface area contributed by atoms with E-state index < -0.39 is 24.0 Å². The second-order valence-corrected chi connectivity index (χ2v) is 6.93. The highest BCUT2D eigenvalue weighted by Crippen LogP contribution is 2.21. The van der Waals surface area contributed by atoms with Gasteiger partial charge < -0.3 is 14.8 Å². The molecule has 9 heteroatoms. The van der Waals surface area contributed by atoms with E-state index in [0.717, 1.165) is 15.2 Å². The summed E-state index contributed by atoms with van der Waals surface area (Å²) in [6, 6.07) is 6.94. The molecule has 0 bridgehead atoms. The Morgan fingerprint density at radius 1 is 1.19 bits per heavy atom. The van der Waals surface area contributed by atoms with E-state index in [0.29, 0.717) is 0 Å². The Morgan fingerprint density at radius 3 is 2.62 bits per heavy atom. The van der Waals surface area contributed by atoms with Crippen molar-refractivity contribution in [3.05, 3.63) is 29.3 Å². The maximum atomic E-state index is 11.8. The number of hydrogen-bond acceptors (Lipinski definition) is 7. The van der Waals surface area contributed by atoms with Crippen molar-refractivity contribution in [2.75, 3.05) is 6.61 Å². The first kappa shape index (κ1) is 19.8. The Labute approximate surface area is 154 Å². The van der Waals surface area contributed by atoms with Crippen molar-refractivity contribution in [3.63, 3.8) is 0 Å². The first-order chi connectivity index (χ1) is 12.3. The predicted octanol–water partition coefficient (Wildman–Crippen LogP) is 1.98. The van der Waals surface area contributed by atoms with Gasteiger partial charge in [-0.1, -0.05) is 12.1 Å². The molecule has 0 aliphatic carbocycles. The zero-order valence-electron chi connectivity index (χ0n) is 14.8. The molecule has 0 aliphatic rings. The number of hydrogen-bond donors (Lipinski definition) is 2. The van der Waals surface area contributed by atoms with Crippen LogP contribution in [0.2, 0.25) is 0 Å². The van der Waals surface area contributed by atoms with Crippen LogP contribution in [0.25, 0.3) is 10.2 Å². The molecule has 0 spiro atoms. The second kappa shape index (κ2) is 9.25. The Kier molecular flexibility index (Phi) is 7.05. The van der Waals surface area contributed by atoms with Gasteiger partial charge >= 0.3 is 12.0 Å². The van der Waals surface area contributed by atoms with E-state index in [2.05, 4.69) is 15.6 Å². The SMILES string of the molecule is CC(C)NC(=O)NC(=O)[C@@H](C)OC(=O)COCc1nc2ccccc2s1. The summed E-state index contributed by atoms with van der Waals surface area (Å²) in [5.41, 5.74) is 0.878. The second-order valence-electron chi connectivity index (χ2n) is 5.82. The molecular formula is C17H21N3O5S. The molecule has 0 radical (unpaired) electrons. The van der Waals surface area contributed by atoms with Gasteiger partial charge in [-0.2, -0.15) is 0 Å². The van der Waals surface area contributed by atoms with Crippen molar-refractivity contribution in [1.29, 1.82) is 0 Å². The average molecular weight is 379 g/mol. The van der Waals surface area contributed by atoms with Gasteiger partial charge in [0.2, 0.25) is 0 Å². The highest BCUT2D eigenvalue weighted by atomic mass is 32.1. The molecule has 1 heterocycles. The smallest absolute Gasteiger partial charge is 0.332 e. The fourth-order valence-corrected chi connectivity index (χ4v) is 2.90. The summed E-state index contributed by atoms with van der Waals surface area (Å²) in [5.74, 6) is -1.40. The van der Waals surface area contributed by atoms with Crippen LogP contribution in [0, 0.1) is 0 Å². The number of thiazole rings is 1. The maximum Gasteiger partial charge on any atom is 0.332 e. The van der Waals surface area contributed by atoms with Gasteiger partial charge in [-0.25, -0.2) is 14.6 Å². The molecule has 1 atom stereocenters. The van der Waals surface area contributed by atoms with Crippen LogP contribution in [-0.4, -0.2) is 41.6 Å². The van der Waals surface area contributed by atoms with Crippen LogP contribution >= 0.6 is 11.3 Å². The number of fused-ring (bicyclic) bond motifs is 1. The van der Waals surface area contributed by atoms with Gasteiger partial charge in [0.05, 0.1) is 16.8 Å². The molecule has 1 aromatic carbocycles. The lowest BCUT2D eigenvalue weighted by molar-refractivity contribution is -0.159. The van der Waals surface area contributed by atoms with E-state index in [1.165, 1.54) is 18.3 Å². The molecule has 0 aliphatic heterocycles. The maximum absolute atomic E-state index is 11.8. The standard InChI is InChI=1S/C17H21N3O5S/c1-10(2)18-17(23)20-16(22)11(3)25-15(21)9-24-8-14-19-12-6-4-5-7-13(12)26-14/h4-7,10-11H,8-9H2,1-3H3,(H2,18,20,22,23)/t11-/m1/s1. The Balaban J connectivity index is 1.72. The molecule has 0 saturated heterocycles. The molecule has 1 aromatic heterocycles. The van der Waals surface area contributed by atoms with Gasteiger partial charge in [0.25, 0.3) is 5.91 Å². The summed E-state index contributed by atoms with van der Waals surface area (Å²) in [5, 5.41) is 5.35. The number of imide groups is 1. The number of amides is 3. The van der Waals surface area contributed by atoms with Crippen molar-refractivity contribution < 1.29 is 23.9 Å². The highest BCUT2D eigenvalue weighted by molar-refractivity contribution is 7.18. The number of rotatable bonds is 7. The Bertz CT molecular complexity index is 757. The molecule has 140 valence electrons. The van der Waals surface area contributed by atoms with E-state index >= 15 is 0 Å². The fraction of sp³-hybridized carbons (Fsp3) is 0.412. The molecule has 8 nitrogen and oxygen atoms in total. The molecule has 2 rings (SSSR count). The van der Waals surface area contributed by atoms with Crippen LogP contribution in [0.3, 0.4) is 0 Å². The molecular weight excluding hydrogens is 358 g/mol. The number of aromatic nitrogens is 1. The van der Waals surface area contributed by atoms with Crippen molar-refractivity contribution >= 4 is 39.5 Å². The molecule has 0 unspecified atom stereocenters. The lowest BCUT2D eigenvalue weighted by atomic mass is 10.3. The zero-order chi connectivity index (χ0) is 19.1. The number of nitrogens with zero attached hydrogens (tertiary/aromatic N) is 1. The van der Waals surface area contributed by atoms with Crippen LogP contribution in [0.15, 0.2) is 24.3 Å². The number of carbonyl (C=O) groups is 3. The minimum Gasteiger partial charge on any atom is -0.451 e. The van der Waals surface area contributed by atoms with Gasteiger partial charge in [0.15, 0.2) is 6.10 Å². The van der Waals surface area contributed by atoms with Crippen molar-refractivity contribution in [2.45, 2.75) is 39.5 Å². The van der Waals surface area contributed by atoms with E-state index in [9.17, 15) is 14.4 Å². The molecule has 3 amide bonds. The molecule has 0 fully saturated rings. The Hall–Kier alpha value is -2.52. The average Bonchev–Trinajstić information content (AvgIpc) is 2.96. The lowest BCUT2D eigenvalue weighted by Crippen LogP contribution is -2.46. The third-order valence-electron chi connectivity index (χ3n) is 3.12. The number of ether oxygens (including phenoxy) is 2. The third-order valence-corrected chi connectivity index (χ3v) is 4.13. The van der Waals surface area contributed by atoms with E-state index in [1.54, 1.807) is 13.8 Å². The number of carbonyl (C=O) groups excluding carboxylic acids is 3. The van der Waals surface area contributed by atoms with Crippen LogP contribution in [-0.2, 0) is 25.7 Å². The normalized spacial score (nSPS) is 12.0. The minimum absolute atomic E-state index is 0.114. The number of nitrogens with one attached hydrogen (secondary N) is 2. The minimum atomic E-state index is -1.11. The van der Waals surface area contributed by atoms with Crippen molar-refractivity contribution in [1.82, 2.24) is 15.6 Å². The summed E-state index contributed by atoms with van der Waals surface area (Å²) in [6.45, 7) is 4.76. The van der Waals surface area contributed by atoms with E-state index in [4.69, 9.17) is 9.47 Å². The van der Waals surface area contributed by atoms with Crippen LogP contribution < -0.4 is 10.6 Å². The van der Waals surface area contributed by atoms with E-state index in [-0.39, 0.29) is 19.3 Å². The van der Waals surface area contributed by atoms with E-state index in [1.807, 2.05) is 24.3 Å². The number of para-hydroxylation sites is 1. The van der Waals surface area contributed by atoms with Crippen LogP contribution in [0.1, 0.15) is 25.8 Å². The third kappa shape index (κ3) is 6.08. The predicted molar refractivity (Wildman–Crippen MR) is 96.6 cm³/mol. The summed E-state index contributed by atoms with van der Waals surface area (Å²) >= 11 is 1.48. The Morgan fingerprint density at radius 2 is 1.92 bits per heavy atom. The topological polar surface area (TPSA) is 107 Å². The first-order valence-electron chi connectivity index (χ1n) is 8.08. The zero-order valence-corrected chi connectivity index (χ0v) is 15.6. The summed E-state index contributed by atoms with van der Waals surface area (Å²) in [6.07, 6.45) is -1.11. The monoisotopic (exact) mass is 379 g/mol. The van der Waals surface area contributed by atoms with Gasteiger partial charge in [-0.15, -0.1) is 11.3 Å². The molecule has 2 N–H and O–H groups in total.